The fourth-order valence-electron chi connectivity index (χ4n) is 1.59. The summed E-state index contributed by atoms with van der Waals surface area (Å²) < 4.78 is 13.1. The summed E-state index contributed by atoms with van der Waals surface area (Å²) >= 11 is 0. The molecule has 1 aromatic rings. The second kappa shape index (κ2) is 3.07. The van der Waals surface area contributed by atoms with Crippen molar-refractivity contribution in [1.29, 1.82) is 0 Å². The summed E-state index contributed by atoms with van der Waals surface area (Å²) in [5.74, 6) is -0.345. The molecular formula is C10H13FN2. The number of halogens is 1. The van der Waals surface area contributed by atoms with E-state index in [0.29, 0.717) is 12.1 Å². The zero-order valence-corrected chi connectivity index (χ0v) is 7.46. The number of aromatic nitrogens is 1. The minimum atomic E-state index is -0.345. The summed E-state index contributed by atoms with van der Waals surface area (Å²) in [6.45, 7) is 0.654. The molecule has 0 amide bonds. The molecule has 70 valence electrons. The molecule has 0 aliphatic heterocycles. The van der Waals surface area contributed by atoms with Gasteiger partial charge in [-0.15, -0.1) is 0 Å². The van der Waals surface area contributed by atoms with Gasteiger partial charge >= 0.3 is 0 Å². The SMILES string of the molecule is NCC1(Cc2cccnc2F)CC1. The number of rotatable bonds is 3. The van der Waals surface area contributed by atoms with Gasteiger partial charge in [0, 0.05) is 11.8 Å². The Labute approximate surface area is 77.0 Å². The van der Waals surface area contributed by atoms with Gasteiger partial charge in [0.25, 0.3) is 0 Å². The van der Waals surface area contributed by atoms with Gasteiger partial charge in [-0.1, -0.05) is 6.07 Å². The molecule has 0 saturated heterocycles. The molecular weight excluding hydrogens is 167 g/mol. The van der Waals surface area contributed by atoms with Gasteiger partial charge in [-0.2, -0.15) is 4.39 Å². The van der Waals surface area contributed by atoms with E-state index in [1.807, 2.05) is 0 Å². The van der Waals surface area contributed by atoms with Gasteiger partial charge in [0.05, 0.1) is 0 Å². The smallest absolute Gasteiger partial charge is 0.216 e. The van der Waals surface area contributed by atoms with Crippen LogP contribution < -0.4 is 5.73 Å². The first kappa shape index (κ1) is 8.63. The highest BCUT2D eigenvalue weighted by Crippen LogP contribution is 2.47. The van der Waals surface area contributed by atoms with Gasteiger partial charge in [0.15, 0.2) is 0 Å². The van der Waals surface area contributed by atoms with Gasteiger partial charge in [-0.25, -0.2) is 4.98 Å². The molecule has 0 bridgehead atoms. The van der Waals surface area contributed by atoms with Gasteiger partial charge in [0.1, 0.15) is 0 Å². The van der Waals surface area contributed by atoms with E-state index >= 15 is 0 Å². The second-order valence-electron chi connectivity index (χ2n) is 3.83. The maximum atomic E-state index is 13.1. The quantitative estimate of drug-likeness (QED) is 0.716. The molecule has 1 fully saturated rings. The van der Waals surface area contributed by atoms with Crippen LogP contribution >= 0.6 is 0 Å². The Balaban J connectivity index is 2.14. The van der Waals surface area contributed by atoms with E-state index in [2.05, 4.69) is 4.98 Å². The summed E-state index contributed by atoms with van der Waals surface area (Å²) in [6, 6.07) is 3.56. The molecule has 1 aromatic heterocycles. The largest absolute Gasteiger partial charge is 0.330 e. The highest BCUT2D eigenvalue weighted by Gasteiger charge is 2.41. The first-order valence-corrected chi connectivity index (χ1v) is 4.55. The number of pyridine rings is 1. The zero-order chi connectivity index (χ0) is 9.31. The topological polar surface area (TPSA) is 38.9 Å². The zero-order valence-electron chi connectivity index (χ0n) is 7.46. The number of nitrogens with zero attached hydrogens (tertiary/aromatic N) is 1. The van der Waals surface area contributed by atoms with Crippen LogP contribution in [0.15, 0.2) is 18.3 Å². The number of nitrogens with two attached hydrogens (primary N) is 1. The second-order valence-corrected chi connectivity index (χ2v) is 3.83. The van der Waals surface area contributed by atoms with Crippen molar-refractivity contribution in [2.24, 2.45) is 11.1 Å². The summed E-state index contributed by atoms with van der Waals surface area (Å²) in [6.07, 6.45) is 4.46. The molecule has 1 heterocycles. The van der Waals surface area contributed by atoms with E-state index in [1.54, 1.807) is 12.1 Å². The number of hydrogen-bond donors (Lipinski definition) is 1. The van der Waals surface area contributed by atoms with Crippen LogP contribution in [0.25, 0.3) is 0 Å². The minimum Gasteiger partial charge on any atom is -0.330 e. The maximum Gasteiger partial charge on any atom is 0.216 e. The van der Waals surface area contributed by atoms with Gasteiger partial charge in [-0.05, 0) is 37.3 Å². The van der Waals surface area contributed by atoms with Gasteiger partial charge < -0.3 is 5.73 Å². The van der Waals surface area contributed by atoms with E-state index in [1.165, 1.54) is 6.20 Å². The van der Waals surface area contributed by atoms with Crippen LogP contribution in [0.2, 0.25) is 0 Å². The lowest BCUT2D eigenvalue weighted by Gasteiger charge is -2.11. The van der Waals surface area contributed by atoms with Gasteiger partial charge in [0.2, 0.25) is 5.95 Å². The predicted molar refractivity (Wildman–Crippen MR) is 48.6 cm³/mol. The van der Waals surface area contributed by atoms with E-state index in [4.69, 9.17) is 5.73 Å². The van der Waals surface area contributed by atoms with Crippen molar-refractivity contribution < 1.29 is 4.39 Å². The van der Waals surface area contributed by atoms with Crippen LogP contribution in [0, 0.1) is 11.4 Å². The molecule has 0 radical (unpaired) electrons. The monoisotopic (exact) mass is 180 g/mol. The van der Waals surface area contributed by atoms with Crippen LogP contribution in [0.4, 0.5) is 4.39 Å². The van der Waals surface area contributed by atoms with Crippen molar-refractivity contribution in [3.63, 3.8) is 0 Å². The lowest BCUT2D eigenvalue weighted by molar-refractivity contribution is 0.489. The molecule has 0 aromatic carbocycles. The van der Waals surface area contributed by atoms with Crippen LogP contribution in [0.1, 0.15) is 18.4 Å². The average Bonchev–Trinajstić information content (AvgIpc) is 2.90. The average molecular weight is 180 g/mol. The van der Waals surface area contributed by atoms with Crippen molar-refractivity contribution in [2.45, 2.75) is 19.3 Å². The van der Waals surface area contributed by atoms with Crippen molar-refractivity contribution in [2.75, 3.05) is 6.54 Å². The molecule has 0 spiro atoms. The fraction of sp³-hybridized carbons (Fsp3) is 0.500. The molecule has 1 aliphatic carbocycles. The first-order chi connectivity index (χ1) is 6.26. The third-order valence-corrected chi connectivity index (χ3v) is 2.79. The first-order valence-electron chi connectivity index (χ1n) is 4.55. The Morgan fingerprint density at radius 1 is 1.54 bits per heavy atom. The van der Waals surface area contributed by atoms with E-state index in [-0.39, 0.29) is 11.4 Å². The van der Waals surface area contributed by atoms with E-state index in [0.717, 1.165) is 19.3 Å². The molecule has 13 heavy (non-hydrogen) atoms. The normalized spacial score (nSPS) is 18.6. The Morgan fingerprint density at radius 3 is 2.85 bits per heavy atom. The minimum absolute atomic E-state index is 0.184. The molecule has 0 unspecified atom stereocenters. The highest BCUT2D eigenvalue weighted by atomic mass is 19.1. The van der Waals surface area contributed by atoms with Crippen LogP contribution in [0.5, 0.6) is 0 Å². The van der Waals surface area contributed by atoms with Crippen LogP contribution in [-0.2, 0) is 6.42 Å². The summed E-state index contributed by atoms with van der Waals surface area (Å²) in [4.78, 5) is 3.62. The van der Waals surface area contributed by atoms with E-state index in [9.17, 15) is 4.39 Å². The van der Waals surface area contributed by atoms with Crippen molar-refractivity contribution >= 4 is 0 Å². The molecule has 3 heteroatoms. The molecule has 2 N–H and O–H groups in total. The van der Waals surface area contributed by atoms with Crippen molar-refractivity contribution in [3.05, 3.63) is 29.8 Å². The Hall–Kier alpha value is -0.960. The fourth-order valence-corrected chi connectivity index (χ4v) is 1.59. The van der Waals surface area contributed by atoms with Crippen molar-refractivity contribution in [3.8, 4) is 0 Å². The lowest BCUT2D eigenvalue weighted by atomic mass is 9.98. The van der Waals surface area contributed by atoms with Crippen LogP contribution in [0.3, 0.4) is 0 Å². The summed E-state index contributed by atoms with van der Waals surface area (Å²) in [7, 11) is 0. The Morgan fingerprint density at radius 2 is 2.31 bits per heavy atom. The summed E-state index contributed by atoms with van der Waals surface area (Å²) in [5.41, 5.74) is 6.51. The van der Waals surface area contributed by atoms with Gasteiger partial charge in [-0.3, -0.25) is 0 Å². The predicted octanol–water partition coefficient (Wildman–Crippen LogP) is 1.50. The maximum absolute atomic E-state index is 13.1. The standard InChI is InChI=1S/C10H13FN2/c11-9-8(2-1-5-13-9)6-10(7-12)3-4-10/h1-2,5H,3-4,6-7,12H2. The highest BCUT2D eigenvalue weighted by molar-refractivity contribution is 5.16. The number of hydrogen-bond acceptors (Lipinski definition) is 2. The Bertz CT molecular complexity index is 308. The Kier molecular flexibility index (Phi) is 2.04. The molecule has 2 rings (SSSR count). The van der Waals surface area contributed by atoms with Crippen LogP contribution in [-0.4, -0.2) is 11.5 Å². The van der Waals surface area contributed by atoms with Crippen molar-refractivity contribution in [1.82, 2.24) is 4.98 Å². The molecule has 0 atom stereocenters. The third kappa shape index (κ3) is 1.70. The summed E-state index contributed by atoms with van der Waals surface area (Å²) in [5, 5.41) is 0. The molecule has 1 aliphatic rings. The lowest BCUT2D eigenvalue weighted by Crippen LogP contribution is -2.18. The van der Waals surface area contributed by atoms with E-state index < -0.39 is 0 Å². The third-order valence-electron chi connectivity index (χ3n) is 2.79. The molecule has 1 saturated carbocycles. The molecule has 2 nitrogen and oxygen atoms in total.